The van der Waals surface area contributed by atoms with E-state index in [1.807, 2.05) is 0 Å². The van der Waals surface area contributed by atoms with Crippen molar-refractivity contribution in [2.75, 3.05) is 13.1 Å². The molecule has 0 aromatic rings. The molecular formula is C8H16N. The Hall–Kier alpha value is -0.0400. The van der Waals surface area contributed by atoms with E-state index in [0.717, 1.165) is 13.1 Å². The number of nitrogens with zero attached hydrogens (tertiary/aromatic N) is 1. The first kappa shape index (κ1) is 7.07. The Morgan fingerprint density at radius 2 is 2.00 bits per heavy atom. The van der Waals surface area contributed by atoms with Crippen LogP contribution in [0.4, 0.5) is 0 Å². The molecule has 1 aliphatic heterocycles. The highest BCUT2D eigenvalue weighted by molar-refractivity contribution is 4.84. The zero-order valence-corrected chi connectivity index (χ0v) is 6.48. The lowest BCUT2D eigenvalue weighted by Crippen LogP contribution is -2.19. The van der Waals surface area contributed by atoms with Crippen LogP contribution in [0.5, 0.6) is 0 Å². The van der Waals surface area contributed by atoms with Crippen molar-refractivity contribution in [3.8, 4) is 0 Å². The fourth-order valence-electron chi connectivity index (χ4n) is 1.54. The smallest absolute Gasteiger partial charge is 0.0190 e. The Morgan fingerprint density at radius 1 is 1.33 bits per heavy atom. The van der Waals surface area contributed by atoms with E-state index in [1.165, 1.54) is 19.3 Å². The Labute approximate surface area is 57.8 Å². The van der Waals surface area contributed by atoms with E-state index in [1.54, 1.807) is 0 Å². The number of hydrogen-bond donors (Lipinski definition) is 0. The molecule has 53 valence electrons. The summed E-state index contributed by atoms with van der Waals surface area (Å²) in [5.74, 6) is 0. The molecule has 1 radical (unpaired) electrons. The van der Waals surface area contributed by atoms with Gasteiger partial charge < -0.3 is 0 Å². The minimum Gasteiger partial charge on any atom is -0.241 e. The topological polar surface area (TPSA) is 14.1 Å². The highest BCUT2D eigenvalue weighted by Gasteiger charge is 2.30. The molecule has 0 aromatic heterocycles. The lowest BCUT2D eigenvalue weighted by Gasteiger charge is -2.23. The molecule has 1 heteroatoms. The number of rotatable bonds is 2. The molecule has 1 nitrogen and oxygen atoms in total. The molecule has 0 saturated carbocycles. The van der Waals surface area contributed by atoms with Crippen LogP contribution in [0.3, 0.4) is 0 Å². The normalized spacial score (nSPS) is 24.7. The van der Waals surface area contributed by atoms with E-state index < -0.39 is 0 Å². The second-order valence-corrected chi connectivity index (χ2v) is 3.06. The quantitative estimate of drug-likeness (QED) is 0.535. The van der Waals surface area contributed by atoms with Crippen molar-refractivity contribution in [1.29, 1.82) is 0 Å². The largest absolute Gasteiger partial charge is 0.241 e. The van der Waals surface area contributed by atoms with Crippen LogP contribution in [0.25, 0.3) is 0 Å². The SMILES string of the molecule is CCC1(CC)CC[N]C1. The summed E-state index contributed by atoms with van der Waals surface area (Å²) in [4.78, 5) is 0. The highest BCUT2D eigenvalue weighted by atomic mass is 14.9. The van der Waals surface area contributed by atoms with Crippen LogP contribution in [0, 0.1) is 5.41 Å². The summed E-state index contributed by atoms with van der Waals surface area (Å²) in [6.45, 7) is 6.80. The van der Waals surface area contributed by atoms with Crippen molar-refractivity contribution in [1.82, 2.24) is 5.32 Å². The van der Waals surface area contributed by atoms with Gasteiger partial charge in [0.05, 0.1) is 0 Å². The maximum atomic E-state index is 4.38. The molecule has 0 aromatic carbocycles. The third kappa shape index (κ3) is 1.26. The van der Waals surface area contributed by atoms with Gasteiger partial charge in [-0.2, -0.15) is 0 Å². The molecule has 9 heavy (non-hydrogen) atoms. The van der Waals surface area contributed by atoms with Crippen molar-refractivity contribution >= 4 is 0 Å². The second kappa shape index (κ2) is 2.70. The first-order valence-corrected chi connectivity index (χ1v) is 3.96. The summed E-state index contributed by atoms with van der Waals surface area (Å²) in [5, 5.41) is 4.38. The molecular weight excluding hydrogens is 110 g/mol. The number of hydrogen-bond acceptors (Lipinski definition) is 0. The van der Waals surface area contributed by atoms with Crippen molar-refractivity contribution in [3.05, 3.63) is 0 Å². The van der Waals surface area contributed by atoms with Gasteiger partial charge in [-0.25, -0.2) is 5.32 Å². The molecule has 1 fully saturated rings. The maximum absolute atomic E-state index is 4.38. The fourth-order valence-corrected chi connectivity index (χ4v) is 1.54. The van der Waals surface area contributed by atoms with Crippen molar-refractivity contribution in [2.45, 2.75) is 33.1 Å². The average Bonchev–Trinajstić information content (AvgIpc) is 2.36. The van der Waals surface area contributed by atoms with Gasteiger partial charge in [0.2, 0.25) is 0 Å². The molecule has 1 saturated heterocycles. The molecule has 0 atom stereocenters. The first-order valence-electron chi connectivity index (χ1n) is 3.96. The van der Waals surface area contributed by atoms with E-state index in [9.17, 15) is 0 Å². The van der Waals surface area contributed by atoms with Gasteiger partial charge in [0, 0.05) is 13.1 Å². The van der Waals surface area contributed by atoms with E-state index in [-0.39, 0.29) is 0 Å². The van der Waals surface area contributed by atoms with Gasteiger partial charge in [-0.1, -0.05) is 13.8 Å². The van der Waals surface area contributed by atoms with Crippen molar-refractivity contribution in [3.63, 3.8) is 0 Å². The molecule has 0 amide bonds. The third-order valence-electron chi connectivity index (χ3n) is 2.75. The Bertz CT molecular complexity index is 76.6. The zero-order chi connectivity index (χ0) is 6.74. The van der Waals surface area contributed by atoms with Crippen molar-refractivity contribution < 1.29 is 0 Å². The van der Waals surface area contributed by atoms with Crippen LogP contribution < -0.4 is 5.32 Å². The monoisotopic (exact) mass is 126 g/mol. The van der Waals surface area contributed by atoms with Gasteiger partial charge >= 0.3 is 0 Å². The average molecular weight is 126 g/mol. The molecule has 1 rings (SSSR count). The lowest BCUT2D eigenvalue weighted by atomic mass is 9.82. The Balaban J connectivity index is 2.45. The molecule has 0 aliphatic carbocycles. The summed E-state index contributed by atoms with van der Waals surface area (Å²) in [5.41, 5.74) is 0.611. The summed E-state index contributed by atoms with van der Waals surface area (Å²) < 4.78 is 0. The van der Waals surface area contributed by atoms with Crippen molar-refractivity contribution in [2.24, 2.45) is 5.41 Å². The second-order valence-electron chi connectivity index (χ2n) is 3.06. The van der Waals surface area contributed by atoms with E-state index in [4.69, 9.17) is 0 Å². The van der Waals surface area contributed by atoms with E-state index in [0.29, 0.717) is 5.41 Å². The van der Waals surface area contributed by atoms with Crippen LogP contribution in [-0.2, 0) is 0 Å². The summed E-state index contributed by atoms with van der Waals surface area (Å²) in [7, 11) is 0. The van der Waals surface area contributed by atoms with Gasteiger partial charge in [-0.3, -0.25) is 0 Å². The maximum Gasteiger partial charge on any atom is 0.0190 e. The molecule has 0 spiro atoms. The van der Waals surface area contributed by atoms with Gasteiger partial charge in [-0.05, 0) is 24.7 Å². The molecule has 1 aliphatic rings. The minimum absolute atomic E-state index is 0.611. The molecule has 0 N–H and O–H groups in total. The van der Waals surface area contributed by atoms with Crippen LogP contribution >= 0.6 is 0 Å². The summed E-state index contributed by atoms with van der Waals surface area (Å²) in [6.07, 6.45) is 3.96. The summed E-state index contributed by atoms with van der Waals surface area (Å²) >= 11 is 0. The summed E-state index contributed by atoms with van der Waals surface area (Å²) in [6, 6.07) is 0. The fraction of sp³-hybridized carbons (Fsp3) is 1.00. The Morgan fingerprint density at radius 3 is 2.22 bits per heavy atom. The van der Waals surface area contributed by atoms with E-state index >= 15 is 0 Å². The Kier molecular flexibility index (Phi) is 2.12. The minimum atomic E-state index is 0.611. The van der Waals surface area contributed by atoms with Crippen LogP contribution in [0.15, 0.2) is 0 Å². The molecule has 0 unspecified atom stereocenters. The van der Waals surface area contributed by atoms with E-state index in [2.05, 4.69) is 19.2 Å². The van der Waals surface area contributed by atoms with Crippen LogP contribution in [0.2, 0.25) is 0 Å². The van der Waals surface area contributed by atoms with Gasteiger partial charge in [-0.15, -0.1) is 0 Å². The molecule has 0 bridgehead atoms. The highest BCUT2D eigenvalue weighted by Crippen LogP contribution is 2.33. The lowest BCUT2D eigenvalue weighted by molar-refractivity contribution is 0.297. The predicted molar refractivity (Wildman–Crippen MR) is 39.5 cm³/mol. The van der Waals surface area contributed by atoms with Gasteiger partial charge in [0.15, 0.2) is 0 Å². The van der Waals surface area contributed by atoms with Crippen LogP contribution in [0.1, 0.15) is 33.1 Å². The van der Waals surface area contributed by atoms with Crippen LogP contribution in [-0.4, -0.2) is 13.1 Å². The third-order valence-corrected chi connectivity index (χ3v) is 2.75. The predicted octanol–water partition coefficient (Wildman–Crippen LogP) is 1.80. The first-order chi connectivity index (χ1) is 4.33. The standard InChI is InChI=1S/C8H16N/c1-3-8(4-2)5-6-9-7-8/h3-7H2,1-2H3. The van der Waals surface area contributed by atoms with Gasteiger partial charge in [0.25, 0.3) is 0 Å². The molecule has 1 heterocycles. The van der Waals surface area contributed by atoms with Gasteiger partial charge in [0.1, 0.15) is 0 Å². The zero-order valence-electron chi connectivity index (χ0n) is 6.48.